The smallest absolute Gasteiger partial charge is 0.238 e. The van der Waals surface area contributed by atoms with Gasteiger partial charge in [0.15, 0.2) is 6.29 Å². The second-order valence-corrected chi connectivity index (χ2v) is 5.17. The molecule has 0 saturated carbocycles. The molecule has 18 heavy (non-hydrogen) atoms. The van der Waals surface area contributed by atoms with Gasteiger partial charge in [-0.05, 0) is 18.6 Å². The first kappa shape index (κ1) is 13.5. The number of benzene rings is 1. The van der Waals surface area contributed by atoms with Crippen molar-refractivity contribution in [3.05, 3.63) is 29.8 Å². The number of carbonyl (C=O) groups is 1. The van der Waals surface area contributed by atoms with Crippen LogP contribution in [0.25, 0.3) is 0 Å². The Morgan fingerprint density at radius 1 is 1.39 bits per heavy atom. The third kappa shape index (κ3) is 3.31. The minimum atomic E-state index is -0.269. The molecule has 0 radical (unpaired) electrons. The molecule has 4 nitrogen and oxygen atoms in total. The molecule has 0 spiro atoms. The molecule has 1 N–H and O–H groups in total. The van der Waals surface area contributed by atoms with Crippen LogP contribution in [0.15, 0.2) is 24.3 Å². The third-order valence-electron chi connectivity index (χ3n) is 2.72. The molecule has 1 amide bonds. The number of carbonyl (C=O) groups excluding carboxylic acids is 1. The van der Waals surface area contributed by atoms with E-state index in [1.165, 1.54) is 0 Å². The zero-order valence-corrected chi connectivity index (χ0v) is 11.8. The van der Waals surface area contributed by atoms with E-state index in [1.807, 2.05) is 31.2 Å². The maximum absolute atomic E-state index is 11.7. The highest BCUT2D eigenvalue weighted by Crippen LogP contribution is 2.24. The van der Waals surface area contributed by atoms with E-state index in [2.05, 4.69) is 21.2 Å². The van der Waals surface area contributed by atoms with Crippen molar-refractivity contribution in [3.8, 4) is 0 Å². The average Bonchev–Trinajstić information content (AvgIpc) is 2.92. The van der Waals surface area contributed by atoms with Gasteiger partial charge in [0.05, 0.1) is 18.0 Å². The van der Waals surface area contributed by atoms with Gasteiger partial charge in [-0.1, -0.05) is 35.0 Å². The molecule has 1 unspecified atom stereocenters. The van der Waals surface area contributed by atoms with E-state index in [4.69, 9.17) is 9.47 Å². The summed E-state index contributed by atoms with van der Waals surface area (Å²) in [5.74, 6) is -0.0291. The quantitative estimate of drug-likeness (QED) is 0.869. The van der Waals surface area contributed by atoms with Gasteiger partial charge >= 0.3 is 0 Å². The van der Waals surface area contributed by atoms with Crippen molar-refractivity contribution in [1.29, 1.82) is 0 Å². The van der Waals surface area contributed by atoms with E-state index in [0.29, 0.717) is 13.2 Å². The van der Waals surface area contributed by atoms with Crippen LogP contribution >= 0.6 is 15.9 Å². The zero-order valence-electron chi connectivity index (χ0n) is 10.2. The van der Waals surface area contributed by atoms with E-state index >= 15 is 0 Å². The number of amides is 1. The van der Waals surface area contributed by atoms with Crippen molar-refractivity contribution in [2.75, 3.05) is 18.5 Å². The molecule has 1 fully saturated rings. The normalized spacial score (nSPS) is 17.7. The Labute approximate surface area is 115 Å². The number of hydrogen-bond donors (Lipinski definition) is 1. The van der Waals surface area contributed by atoms with Crippen LogP contribution in [0.3, 0.4) is 0 Å². The molecule has 2 rings (SSSR count). The summed E-state index contributed by atoms with van der Waals surface area (Å²) in [6.45, 7) is 3.21. The van der Waals surface area contributed by atoms with Crippen LogP contribution in [0.5, 0.6) is 0 Å². The molecule has 98 valence electrons. The predicted octanol–water partition coefficient (Wildman–Crippen LogP) is 2.84. The molecule has 5 heteroatoms. The summed E-state index contributed by atoms with van der Waals surface area (Å²) in [7, 11) is 0. The predicted molar refractivity (Wildman–Crippen MR) is 72.7 cm³/mol. The molecular formula is C13H16BrNO3. The van der Waals surface area contributed by atoms with Crippen LogP contribution in [0, 0.1) is 0 Å². The van der Waals surface area contributed by atoms with Gasteiger partial charge in [-0.15, -0.1) is 0 Å². The van der Waals surface area contributed by atoms with Crippen LogP contribution in [0.4, 0.5) is 5.69 Å². The molecule has 0 bridgehead atoms. The molecule has 1 saturated heterocycles. The Hall–Kier alpha value is -0.910. The van der Waals surface area contributed by atoms with Crippen LogP contribution in [-0.2, 0) is 14.3 Å². The SMILES string of the molecule is CCC(Br)C(=O)Nc1ccc(C2OCCO2)cc1. The molecule has 1 heterocycles. The summed E-state index contributed by atoms with van der Waals surface area (Å²) in [6, 6.07) is 7.52. The van der Waals surface area contributed by atoms with Crippen molar-refractivity contribution < 1.29 is 14.3 Å². The lowest BCUT2D eigenvalue weighted by Gasteiger charge is -2.11. The van der Waals surface area contributed by atoms with E-state index in [9.17, 15) is 4.79 Å². The molecule has 0 aromatic heterocycles. The lowest BCUT2D eigenvalue weighted by atomic mass is 10.2. The summed E-state index contributed by atoms with van der Waals surface area (Å²) < 4.78 is 10.8. The molecule has 1 aromatic rings. The van der Waals surface area contributed by atoms with E-state index in [0.717, 1.165) is 17.7 Å². The Bertz CT molecular complexity index is 401. The number of rotatable bonds is 4. The lowest BCUT2D eigenvalue weighted by Crippen LogP contribution is -2.21. The van der Waals surface area contributed by atoms with Gasteiger partial charge in [0, 0.05) is 11.3 Å². The molecule has 1 aliphatic rings. The fraction of sp³-hybridized carbons (Fsp3) is 0.462. The van der Waals surface area contributed by atoms with Crippen molar-refractivity contribution in [2.24, 2.45) is 0 Å². The van der Waals surface area contributed by atoms with E-state index < -0.39 is 0 Å². The van der Waals surface area contributed by atoms with Crippen molar-refractivity contribution >= 4 is 27.5 Å². The number of ether oxygens (including phenoxy) is 2. The monoisotopic (exact) mass is 313 g/mol. The summed E-state index contributed by atoms with van der Waals surface area (Å²) in [4.78, 5) is 11.5. The van der Waals surface area contributed by atoms with Gasteiger partial charge in [-0.25, -0.2) is 0 Å². The van der Waals surface area contributed by atoms with Crippen LogP contribution in [0.2, 0.25) is 0 Å². The van der Waals surface area contributed by atoms with Crippen LogP contribution < -0.4 is 5.32 Å². The first-order valence-electron chi connectivity index (χ1n) is 5.99. The van der Waals surface area contributed by atoms with Crippen LogP contribution in [-0.4, -0.2) is 23.9 Å². The molecule has 1 aliphatic heterocycles. The summed E-state index contributed by atoms with van der Waals surface area (Å²) >= 11 is 3.32. The maximum atomic E-state index is 11.7. The number of alkyl halides is 1. The lowest BCUT2D eigenvalue weighted by molar-refractivity contribution is -0.115. The summed E-state index contributed by atoms with van der Waals surface area (Å²) in [5, 5.41) is 2.84. The minimum absolute atomic E-state index is 0.0291. The number of hydrogen-bond acceptors (Lipinski definition) is 3. The Kier molecular flexibility index (Phi) is 4.74. The van der Waals surface area contributed by atoms with Gasteiger partial charge in [0.1, 0.15) is 0 Å². The summed E-state index contributed by atoms with van der Waals surface area (Å²) in [5.41, 5.74) is 1.75. The first-order chi connectivity index (χ1) is 8.70. The molecule has 1 aromatic carbocycles. The van der Waals surface area contributed by atoms with Crippen molar-refractivity contribution in [1.82, 2.24) is 0 Å². The maximum Gasteiger partial charge on any atom is 0.238 e. The van der Waals surface area contributed by atoms with Gasteiger partial charge in [-0.3, -0.25) is 4.79 Å². The van der Waals surface area contributed by atoms with Crippen LogP contribution in [0.1, 0.15) is 25.2 Å². The first-order valence-corrected chi connectivity index (χ1v) is 6.90. The number of halogens is 1. The van der Waals surface area contributed by atoms with Gasteiger partial charge in [-0.2, -0.15) is 0 Å². The standard InChI is InChI=1S/C13H16BrNO3/c1-2-11(14)12(16)15-10-5-3-9(4-6-10)13-17-7-8-18-13/h3-6,11,13H,2,7-8H2,1H3,(H,15,16). The Morgan fingerprint density at radius 2 is 2.00 bits per heavy atom. The van der Waals surface area contributed by atoms with Gasteiger partial charge in [0.2, 0.25) is 5.91 Å². The fourth-order valence-corrected chi connectivity index (χ4v) is 1.79. The second-order valence-electron chi connectivity index (χ2n) is 4.06. The topological polar surface area (TPSA) is 47.6 Å². The minimum Gasteiger partial charge on any atom is -0.346 e. The third-order valence-corrected chi connectivity index (χ3v) is 3.78. The largest absolute Gasteiger partial charge is 0.346 e. The zero-order chi connectivity index (χ0) is 13.0. The Morgan fingerprint density at radius 3 is 2.56 bits per heavy atom. The summed E-state index contributed by atoms with van der Waals surface area (Å²) in [6.07, 6.45) is 0.488. The van der Waals surface area contributed by atoms with Crippen molar-refractivity contribution in [2.45, 2.75) is 24.5 Å². The van der Waals surface area contributed by atoms with Crippen molar-refractivity contribution in [3.63, 3.8) is 0 Å². The van der Waals surface area contributed by atoms with Gasteiger partial charge in [0.25, 0.3) is 0 Å². The molecule has 0 aliphatic carbocycles. The van der Waals surface area contributed by atoms with E-state index in [1.54, 1.807) is 0 Å². The fourth-order valence-electron chi connectivity index (χ4n) is 1.68. The second kappa shape index (κ2) is 6.31. The average molecular weight is 314 g/mol. The number of nitrogens with one attached hydrogen (secondary N) is 1. The van der Waals surface area contributed by atoms with Gasteiger partial charge < -0.3 is 14.8 Å². The highest BCUT2D eigenvalue weighted by molar-refractivity contribution is 9.10. The Balaban J connectivity index is 1.97. The molecule has 1 atom stereocenters. The number of anilines is 1. The highest BCUT2D eigenvalue weighted by atomic mass is 79.9. The van der Waals surface area contributed by atoms with E-state index in [-0.39, 0.29) is 17.0 Å². The highest BCUT2D eigenvalue weighted by Gasteiger charge is 2.18. The molecular weight excluding hydrogens is 298 g/mol.